The fourth-order valence-electron chi connectivity index (χ4n) is 4.67. The van der Waals surface area contributed by atoms with Crippen molar-refractivity contribution in [2.45, 2.75) is 22.5 Å². The van der Waals surface area contributed by atoms with Crippen LogP contribution >= 0.6 is 23.2 Å². The molecule has 0 unspecified atom stereocenters. The summed E-state index contributed by atoms with van der Waals surface area (Å²) in [5.41, 5.74) is 2.51. The lowest BCUT2D eigenvalue weighted by Crippen LogP contribution is -2.42. The number of benzene rings is 3. The minimum Gasteiger partial charge on any atom is -0.339 e. The van der Waals surface area contributed by atoms with E-state index < -0.39 is 25.3 Å². The molecule has 2 atom stereocenters. The molecule has 0 radical (unpaired) electrons. The van der Waals surface area contributed by atoms with Crippen molar-refractivity contribution in [1.29, 1.82) is 0 Å². The van der Waals surface area contributed by atoms with Crippen LogP contribution in [0.2, 0.25) is 10.0 Å². The molecule has 0 amide bonds. The van der Waals surface area contributed by atoms with Crippen molar-refractivity contribution in [1.82, 2.24) is 9.91 Å². The summed E-state index contributed by atoms with van der Waals surface area (Å²) in [6.07, 6.45) is 0.239. The average molecular weight is 607 g/mol. The lowest BCUT2D eigenvalue weighted by atomic mass is 9.91. The van der Waals surface area contributed by atoms with Crippen molar-refractivity contribution in [3.8, 4) is 0 Å². The molecule has 1 saturated heterocycles. The quantitative estimate of drug-likeness (QED) is 0.347. The molecule has 1 fully saturated rings. The van der Waals surface area contributed by atoms with Gasteiger partial charge in [0.2, 0.25) is 16.0 Å². The third-order valence-corrected chi connectivity index (χ3v) is 9.78. The summed E-state index contributed by atoms with van der Waals surface area (Å²) in [5, 5.41) is 11.9. The number of hydrazone groups is 1. The van der Waals surface area contributed by atoms with E-state index in [4.69, 9.17) is 33.4 Å². The molecule has 0 bridgehead atoms. The second-order valence-electron chi connectivity index (χ2n) is 9.30. The Morgan fingerprint density at radius 2 is 1.49 bits per heavy atom. The molecule has 0 aliphatic carbocycles. The fraction of sp³-hybridized carbons (Fsp3) is 0.231. The molecule has 2 heterocycles. The second kappa shape index (κ2) is 10.9. The third-order valence-electron chi connectivity index (χ3n) is 6.69. The lowest BCUT2D eigenvalue weighted by Gasteiger charge is -2.26. The van der Waals surface area contributed by atoms with E-state index in [9.17, 15) is 16.8 Å². The predicted octanol–water partition coefficient (Wildman–Crippen LogP) is 3.90. The van der Waals surface area contributed by atoms with Gasteiger partial charge < -0.3 is 4.90 Å². The van der Waals surface area contributed by atoms with Crippen LogP contribution in [0.1, 0.15) is 23.5 Å². The van der Waals surface area contributed by atoms with Gasteiger partial charge in [0.1, 0.15) is 0 Å². The van der Waals surface area contributed by atoms with E-state index in [0.717, 1.165) is 11.1 Å². The molecule has 3 aromatic carbocycles. The normalized spacial score (nSPS) is 20.4. The molecule has 204 valence electrons. The summed E-state index contributed by atoms with van der Waals surface area (Å²) in [4.78, 5) is 1.56. The summed E-state index contributed by atoms with van der Waals surface area (Å²) in [5.74, 6) is -0.187. The van der Waals surface area contributed by atoms with Gasteiger partial charge in [0.05, 0.1) is 22.4 Å². The highest BCUT2D eigenvalue weighted by Gasteiger charge is 2.39. The van der Waals surface area contributed by atoms with Gasteiger partial charge in [-0.25, -0.2) is 18.6 Å². The molecule has 39 heavy (non-hydrogen) atoms. The first-order valence-corrected chi connectivity index (χ1v) is 15.9. The maximum Gasteiger partial charge on any atom is 0.285 e. The van der Waals surface area contributed by atoms with Crippen LogP contribution in [-0.4, -0.2) is 63.3 Å². The number of primary sulfonamides is 1. The molecule has 3 aromatic rings. The van der Waals surface area contributed by atoms with E-state index in [-0.39, 0.29) is 42.8 Å². The molecule has 13 heteroatoms. The monoisotopic (exact) mass is 605 g/mol. The molecule has 2 N–H and O–H groups in total. The van der Waals surface area contributed by atoms with Gasteiger partial charge in [-0.2, -0.15) is 13.5 Å². The number of hydrogen-bond acceptors (Lipinski definition) is 5. The summed E-state index contributed by atoms with van der Waals surface area (Å²) in [6, 6.07) is 22.6. The Hall–Kier alpha value is -2.96. The van der Waals surface area contributed by atoms with Gasteiger partial charge >= 0.3 is 0 Å². The van der Waals surface area contributed by atoms with Crippen LogP contribution in [0.25, 0.3) is 0 Å². The summed E-state index contributed by atoms with van der Waals surface area (Å²) in [6.45, 7) is 0.522. The molecule has 5 rings (SSSR count). The van der Waals surface area contributed by atoms with E-state index in [1.165, 1.54) is 29.3 Å². The third kappa shape index (κ3) is 6.12. The summed E-state index contributed by atoms with van der Waals surface area (Å²) in [7, 11) is -8.03. The SMILES string of the molecule is NS(=O)(=O)[C@@H]1CCN(C(=NS(=O)(=O)c2ccc(Cl)cc2)N2C[C@@H](c3ccccc3)C(c3ccc(Cl)cc3)=N2)C1. The Labute approximate surface area is 237 Å². The van der Waals surface area contributed by atoms with Crippen LogP contribution in [0.15, 0.2) is 93.3 Å². The van der Waals surface area contributed by atoms with Crippen molar-refractivity contribution >= 4 is 54.9 Å². The van der Waals surface area contributed by atoms with E-state index in [2.05, 4.69) is 4.40 Å². The fourth-order valence-corrected chi connectivity index (χ4v) is 6.75. The number of rotatable bonds is 5. The summed E-state index contributed by atoms with van der Waals surface area (Å²) >= 11 is 12.1. The highest BCUT2D eigenvalue weighted by atomic mass is 35.5. The smallest absolute Gasteiger partial charge is 0.285 e. The molecule has 2 aliphatic heterocycles. The Morgan fingerprint density at radius 1 is 0.872 bits per heavy atom. The topological polar surface area (TPSA) is 126 Å². The van der Waals surface area contributed by atoms with Crippen molar-refractivity contribution in [2.24, 2.45) is 14.6 Å². The van der Waals surface area contributed by atoms with Crippen molar-refractivity contribution in [3.63, 3.8) is 0 Å². The maximum atomic E-state index is 13.4. The Balaban J connectivity index is 1.60. The zero-order valence-corrected chi connectivity index (χ0v) is 23.7. The van der Waals surface area contributed by atoms with Gasteiger partial charge in [0, 0.05) is 29.1 Å². The van der Waals surface area contributed by atoms with Crippen LogP contribution in [0.3, 0.4) is 0 Å². The first-order chi connectivity index (χ1) is 18.5. The van der Waals surface area contributed by atoms with E-state index in [1.54, 1.807) is 17.0 Å². The van der Waals surface area contributed by atoms with Crippen molar-refractivity contribution in [3.05, 3.63) is 100 Å². The number of halogens is 2. The van der Waals surface area contributed by atoms with Gasteiger partial charge in [-0.05, 0) is 53.9 Å². The van der Waals surface area contributed by atoms with Gasteiger partial charge in [0.25, 0.3) is 10.0 Å². The number of guanidine groups is 1. The van der Waals surface area contributed by atoms with Gasteiger partial charge in [-0.3, -0.25) is 0 Å². The minimum atomic E-state index is -4.20. The van der Waals surface area contributed by atoms with Crippen LogP contribution in [0.4, 0.5) is 0 Å². The number of likely N-dealkylation sites (tertiary alicyclic amines) is 1. The predicted molar refractivity (Wildman–Crippen MR) is 153 cm³/mol. The molecule has 0 saturated carbocycles. The van der Waals surface area contributed by atoms with Crippen molar-refractivity contribution < 1.29 is 16.8 Å². The molecular formula is C26H25Cl2N5O4S2. The first-order valence-electron chi connectivity index (χ1n) is 12.1. The van der Waals surface area contributed by atoms with Crippen LogP contribution < -0.4 is 5.14 Å². The lowest BCUT2D eigenvalue weighted by molar-refractivity contribution is 0.376. The van der Waals surface area contributed by atoms with Gasteiger partial charge in [0.15, 0.2) is 0 Å². The Bertz CT molecular complexity index is 1630. The van der Waals surface area contributed by atoms with Gasteiger partial charge in [-0.1, -0.05) is 65.7 Å². The molecular weight excluding hydrogens is 581 g/mol. The standard InChI is InChI=1S/C26H25Cl2N5O4S2/c27-20-8-6-19(7-9-20)25-24(18-4-2-1-3-5-18)17-33(30-25)26(32-15-14-23(16-32)38(29,34)35)31-39(36,37)22-12-10-21(28)11-13-22/h1-13,23-24H,14-17H2,(H2,29,34,35)/t23-,24+/m1/s1. The largest absolute Gasteiger partial charge is 0.339 e. The van der Waals surface area contributed by atoms with Crippen molar-refractivity contribution in [2.75, 3.05) is 19.6 Å². The average Bonchev–Trinajstić information content (AvgIpc) is 3.57. The molecule has 0 spiro atoms. The molecule has 2 aliphatic rings. The zero-order chi connectivity index (χ0) is 27.8. The van der Waals surface area contributed by atoms with E-state index in [0.29, 0.717) is 15.8 Å². The van der Waals surface area contributed by atoms with Gasteiger partial charge in [-0.15, -0.1) is 4.40 Å². The first kappa shape index (κ1) is 27.6. The Kier molecular flexibility index (Phi) is 7.71. The highest BCUT2D eigenvalue weighted by Crippen LogP contribution is 2.31. The van der Waals surface area contributed by atoms with Crippen LogP contribution in [0.5, 0.6) is 0 Å². The number of nitrogens with zero attached hydrogens (tertiary/aromatic N) is 4. The second-order valence-corrected chi connectivity index (χ2v) is 13.6. The number of hydrogen-bond donors (Lipinski definition) is 1. The maximum absolute atomic E-state index is 13.4. The molecule has 9 nitrogen and oxygen atoms in total. The van der Waals surface area contributed by atoms with E-state index >= 15 is 0 Å². The number of nitrogens with two attached hydrogens (primary N) is 1. The van der Waals surface area contributed by atoms with Crippen LogP contribution in [0, 0.1) is 0 Å². The number of sulfonamides is 2. The zero-order valence-electron chi connectivity index (χ0n) is 20.6. The van der Waals surface area contributed by atoms with E-state index in [1.807, 2.05) is 42.5 Å². The Morgan fingerprint density at radius 3 is 2.08 bits per heavy atom. The minimum absolute atomic E-state index is 0.00783. The van der Waals surface area contributed by atoms with Crippen LogP contribution in [-0.2, 0) is 20.0 Å². The highest BCUT2D eigenvalue weighted by molar-refractivity contribution is 7.90. The summed E-state index contributed by atoms with van der Waals surface area (Å²) < 4.78 is 55.2. The molecule has 0 aromatic heterocycles.